The highest BCUT2D eigenvalue weighted by atomic mass is 35.5. The molecule has 2 aliphatic heterocycles. The number of carbonyl (C=O) groups excluding carboxylic acids is 2. The van der Waals surface area contributed by atoms with Gasteiger partial charge < -0.3 is 26.7 Å². The summed E-state index contributed by atoms with van der Waals surface area (Å²) in [6, 6.07) is -0.933. The van der Waals surface area contributed by atoms with Crippen LogP contribution in [0.5, 0.6) is 0 Å². The first-order valence-corrected chi connectivity index (χ1v) is 10.6. The Hall–Kier alpha value is -2.35. The Morgan fingerprint density at radius 3 is 2.90 bits per heavy atom. The topological polar surface area (TPSA) is 173 Å². The number of carboxylic acid groups (broad SMARTS) is 1. The van der Waals surface area contributed by atoms with Gasteiger partial charge in [-0.3, -0.25) is 14.5 Å². The highest BCUT2D eigenvalue weighted by molar-refractivity contribution is 8.00. The SMILES string of the molecule is NCCCO/N=C(\C(=O)NC1C(=O)N2C(C(=O)O)=C(Cl)CS[C@H]12)c1csc(N)n1. The van der Waals surface area contributed by atoms with Gasteiger partial charge in [0.2, 0.25) is 0 Å². The fourth-order valence-electron chi connectivity index (χ4n) is 2.65. The van der Waals surface area contributed by atoms with Gasteiger partial charge in [-0.1, -0.05) is 16.8 Å². The van der Waals surface area contributed by atoms with E-state index >= 15 is 0 Å². The first kappa shape index (κ1) is 21.4. The average Bonchev–Trinajstić information content (AvgIpc) is 3.11. The van der Waals surface area contributed by atoms with Crippen LogP contribution >= 0.6 is 34.7 Å². The Morgan fingerprint density at radius 1 is 1.52 bits per heavy atom. The second-order valence-electron chi connectivity index (χ2n) is 5.91. The van der Waals surface area contributed by atoms with Gasteiger partial charge in [-0.05, 0) is 13.0 Å². The largest absolute Gasteiger partial charge is 0.477 e. The van der Waals surface area contributed by atoms with Gasteiger partial charge in [0.25, 0.3) is 11.8 Å². The van der Waals surface area contributed by atoms with Gasteiger partial charge in [-0.2, -0.15) is 0 Å². The van der Waals surface area contributed by atoms with E-state index in [2.05, 4.69) is 15.5 Å². The van der Waals surface area contributed by atoms with Crippen molar-refractivity contribution in [3.05, 3.63) is 21.8 Å². The molecular formula is C15H17ClN6O5S2. The van der Waals surface area contributed by atoms with Crippen molar-refractivity contribution >= 4 is 63.3 Å². The van der Waals surface area contributed by atoms with Gasteiger partial charge in [0, 0.05) is 11.1 Å². The van der Waals surface area contributed by atoms with Gasteiger partial charge in [0.1, 0.15) is 29.4 Å². The average molecular weight is 461 g/mol. The standard InChI is InChI=1S/C15H17ClN6O5S2/c16-6-4-28-13-9(12(24)22(13)10(6)14(25)26)20-11(23)8(21-27-3-1-2-17)7-5-29-15(18)19-7/h5,9,13H,1-4,17H2,(H2,18,19)(H,20,23)(H,25,26)/b21-8-/t9?,13-/m1/s1. The van der Waals surface area contributed by atoms with Crippen LogP contribution in [0.15, 0.2) is 21.3 Å². The predicted octanol–water partition coefficient (Wildman–Crippen LogP) is -0.270. The molecule has 14 heteroatoms. The number of carboxylic acids is 1. The number of halogens is 1. The van der Waals surface area contributed by atoms with Crippen molar-refractivity contribution in [2.45, 2.75) is 17.8 Å². The molecule has 0 saturated carbocycles. The molecule has 1 fully saturated rings. The summed E-state index contributed by atoms with van der Waals surface area (Å²) in [6.07, 6.45) is 0.539. The number of amides is 2. The summed E-state index contributed by atoms with van der Waals surface area (Å²) in [7, 11) is 0. The highest BCUT2D eigenvalue weighted by Gasteiger charge is 2.54. The van der Waals surface area contributed by atoms with E-state index in [1.807, 2.05) is 0 Å². The number of hydrogen-bond donors (Lipinski definition) is 4. The summed E-state index contributed by atoms with van der Waals surface area (Å²) in [6.45, 7) is 0.598. The second kappa shape index (κ2) is 8.98. The summed E-state index contributed by atoms with van der Waals surface area (Å²) in [5.74, 6) is -2.35. The Kier molecular flexibility index (Phi) is 6.62. The number of anilines is 1. The van der Waals surface area contributed by atoms with Gasteiger partial charge in [0.15, 0.2) is 10.8 Å². The lowest BCUT2D eigenvalue weighted by atomic mass is 10.0. The Labute approximate surface area is 178 Å². The van der Waals surface area contributed by atoms with E-state index in [0.29, 0.717) is 13.0 Å². The molecule has 1 aromatic rings. The quantitative estimate of drug-likeness (QED) is 0.176. The number of β-lactam (4-membered cyclic amide) rings is 1. The molecule has 2 amide bonds. The van der Waals surface area contributed by atoms with Crippen LogP contribution in [-0.2, 0) is 19.2 Å². The van der Waals surface area contributed by atoms with Crippen molar-refractivity contribution in [3.8, 4) is 0 Å². The van der Waals surface area contributed by atoms with Crippen LogP contribution in [0, 0.1) is 0 Å². The van der Waals surface area contributed by atoms with E-state index in [4.69, 9.17) is 27.9 Å². The molecule has 0 bridgehead atoms. The van der Waals surface area contributed by atoms with E-state index in [-0.39, 0.29) is 39.6 Å². The van der Waals surface area contributed by atoms with E-state index in [1.54, 1.807) is 0 Å². The number of rotatable bonds is 8. The molecule has 3 rings (SSSR count). The maximum Gasteiger partial charge on any atom is 0.353 e. The maximum absolute atomic E-state index is 12.8. The molecule has 2 atom stereocenters. The number of nitrogens with zero attached hydrogens (tertiary/aromatic N) is 3. The molecule has 156 valence electrons. The number of oxime groups is 1. The molecule has 1 saturated heterocycles. The summed E-state index contributed by atoms with van der Waals surface area (Å²) in [4.78, 5) is 46.9. The predicted molar refractivity (Wildman–Crippen MR) is 108 cm³/mol. The zero-order chi connectivity index (χ0) is 21.1. The number of hydrogen-bond acceptors (Lipinski definition) is 10. The summed E-state index contributed by atoms with van der Waals surface area (Å²) in [5.41, 5.74) is 10.8. The number of nitrogens with one attached hydrogen (secondary N) is 1. The fourth-order valence-corrected chi connectivity index (χ4v) is 4.75. The first-order chi connectivity index (χ1) is 13.8. The third kappa shape index (κ3) is 4.32. The number of aromatic nitrogens is 1. The summed E-state index contributed by atoms with van der Waals surface area (Å²) in [5, 5.41) is 17.0. The Bertz CT molecular complexity index is 904. The minimum Gasteiger partial charge on any atom is -0.477 e. The molecule has 2 aliphatic rings. The van der Waals surface area contributed by atoms with Crippen LogP contribution in [0.4, 0.5) is 5.13 Å². The number of nitrogens with two attached hydrogens (primary N) is 2. The Balaban J connectivity index is 1.75. The molecule has 6 N–H and O–H groups in total. The van der Waals surface area contributed by atoms with Crippen molar-refractivity contribution in [2.75, 3.05) is 24.6 Å². The zero-order valence-corrected chi connectivity index (χ0v) is 17.2. The van der Waals surface area contributed by atoms with Gasteiger partial charge in [-0.15, -0.1) is 23.1 Å². The van der Waals surface area contributed by atoms with E-state index in [1.165, 1.54) is 17.1 Å². The van der Waals surface area contributed by atoms with Gasteiger partial charge >= 0.3 is 5.97 Å². The second-order valence-corrected chi connectivity index (χ2v) is 8.36. The fraction of sp³-hybridized carbons (Fsp3) is 0.400. The van der Waals surface area contributed by atoms with E-state index in [0.717, 1.165) is 16.2 Å². The van der Waals surface area contributed by atoms with Gasteiger partial charge in [-0.25, -0.2) is 9.78 Å². The van der Waals surface area contributed by atoms with Crippen LogP contribution in [0.2, 0.25) is 0 Å². The lowest BCUT2D eigenvalue weighted by Crippen LogP contribution is -2.71. The molecule has 11 nitrogen and oxygen atoms in total. The highest BCUT2D eigenvalue weighted by Crippen LogP contribution is 2.41. The van der Waals surface area contributed by atoms with Crippen molar-refractivity contribution in [1.82, 2.24) is 15.2 Å². The first-order valence-electron chi connectivity index (χ1n) is 8.34. The number of aliphatic carboxylic acids is 1. The van der Waals surface area contributed by atoms with E-state index in [9.17, 15) is 19.5 Å². The molecule has 0 aromatic carbocycles. The van der Waals surface area contributed by atoms with Crippen LogP contribution in [0.3, 0.4) is 0 Å². The molecule has 0 spiro atoms. The molecule has 1 unspecified atom stereocenters. The minimum absolute atomic E-state index is 0.0744. The zero-order valence-electron chi connectivity index (χ0n) is 14.8. The van der Waals surface area contributed by atoms with Crippen LogP contribution in [0.1, 0.15) is 12.1 Å². The van der Waals surface area contributed by atoms with Crippen molar-refractivity contribution in [2.24, 2.45) is 10.9 Å². The number of thioether (sulfide) groups is 1. The number of nitrogen functional groups attached to an aromatic ring is 1. The number of carbonyl (C=O) groups is 3. The van der Waals surface area contributed by atoms with Crippen molar-refractivity contribution in [3.63, 3.8) is 0 Å². The molecular weight excluding hydrogens is 444 g/mol. The lowest BCUT2D eigenvalue weighted by Gasteiger charge is -2.48. The summed E-state index contributed by atoms with van der Waals surface area (Å²) < 4.78 is 0. The molecule has 1 aromatic heterocycles. The van der Waals surface area contributed by atoms with Crippen molar-refractivity contribution < 1.29 is 24.3 Å². The number of fused-ring (bicyclic) bond motifs is 1. The van der Waals surface area contributed by atoms with E-state index < -0.39 is 29.2 Å². The third-order valence-electron chi connectivity index (χ3n) is 3.99. The molecule has 0 radical (unpaired) electrons. The lowest BCUT2D eigenvalue weighted by molar-refractivity contribution is -0.150. The minimum atomic E-state index is -1.30. The maximum atomic E-state index is 12.8. The molecule has 29 heavy (non-hydrogen) atoms. The van der Waals surface area contributed by atoms with Gasteiger partial charge in [0.05, 0.1) is 5.03 Å². The monoisotopic (exact) mass is 460 g/mol. The van der Waals surface area contributed by atoms with Crippen LogP contribution < -0.4 is 16.8 Å². The smallest absolute Gasteiger partial charge is 0.353 e. The van der Waals surface area contributed by atoms with Crippen LogP contribution in [0.25, 0.3) is 0 Å². The third-order valence-corrected chi connectivity index (χ3v) is 6.41. The van der Waals surface area contributed by atoms with Crippen molar-refractivity contribution in [1.29, 1.82) is 0 Å². The summed E-state index contributed by atoms with van der Waals surface area (Å²) >= 11 is 8.31. The normalized spacial score (nSPS) is 21.5. The molecule has 3 heterocycles. The molecule has 0 aliphatic carbocycles. The Morgan fingerprint density at radius 2 is 2.28 bits per heavy atom. The number of thiazole rings is 1. The van der Waals surface area contributed by atoms with Crippen LogP contribution in [-0.4, -0.2) is 68.8 Å².